The highest BCUT2D eigenvalue weighted by molar-refractivity contribution is 8.05. The van der Waals surface area contributed by atoms with Crippen LogP contribution < -0.4 is 4.74 Å². The van der Waals surface area contributed by atoms with Crippen LogP contribution in [0.1, 0.15) is 33.1 Å². The lowest BCUT2D eigenvalue weighted by Gasteiger charge is -2.37. The molecule has 2 aliphatic heterocycles. The first-order valence-electron chi connectivity index (χ1n) is 11.3. The van der Waals surface area contributed by atoms with Gasteiger partial charge in [-0.25, -0.2) is 4.39 Å². The molecule has 31 heavy (non-hydrogen) atoms. The van der Waals surface area contributed by atoms with Crippen molar-refractivity contribution >= 4 is 11.8 Å². The van der Waals surface area contributed by atoms with Crippen LogP contribution in [0.25, 0.3) is 0 Å². The summed E-state index contributed by atoms with van der Waals surface area (Å²) in [5, 5.41) is 14.4. The number of ether oxygens (including phenoxy) is 1. The number of thioether (sulfide) groups is 1. The van der Waals surface area contributed by atoms with Crippen LogP contribution in [0, 0.1) is 28.5 Å². The van der Waals surface area contributed by atoms with Crippen LogP contribution in [0.3, 0.4) is 0 Å². The van der Waals surface area contributed by atoms with E-state index in [2.05, 4.69) is 46.6 Å². The number of nitrogens with zero attached hydrogens (tertiary/aromatic N) is 3. The molecule has 4 nitrogen and oxygen atoms in total. The fraction of sp³-hybridized carbons (Fsp3) is 0.560. The van der Waals surface area contributed by atoms with Crippen LogP contribution in [0.15, 0.2) is 46.7 Å². The minimum absolute atomic E-state index is 0.265. The highest BCUT2D eigenvalue weighted by Gasteiger charge is 2.37. The van der Waals surface area contributed by atoms with Crippen molar-refractivity contribution in [2.24, 2.45) is 11.3 Å². The predicted octanol–water partition coefficient (Wildman–Crippen LogP) is 5.30. The average molecular weight is 444 g/mol. The van der Waals surface area contributed by atoms with Crippen LogP contribution >= 0.6 is 11.8 Å². The van der Waals surface area contributed by atoms with Gasteiger partial charge in [-0.15, -0.1) is 11.8 Å². The minimum Gasteiger partial charge on any atom is -0.492 e. The van der Waals surface area contributed by atoms with E-state index in [0.717, 1.165) is 58.5 Å². The second kappa shape index (κ2) is 11.7. The summed E-state index contributed by atoms with van der Waals surface area (Å²) in [6.45, 7) is 11.0. The summed E-state index contributed by atoms with van der Waals surface area (Å²) in [6.07, 6.45) is 5.03. The Labute approximate surface area is 190 Å². The minimum atomic E-state index is -0.353. The second-order valence-corrected chi connectivity index (χ2v) is 9.47. The summed E-state index contributed by atoms with van der Waals surface area (Å²) in [7, 11) is 0. The van der Waals surface area contributed by atoms with E-state index in [-0.39, 0.29) is 11.2 Å². The topological polar surface area (TPSA) is 39.5 Å². The van der Waals surface area contributed by atoms with E-state index in [1.54, 1.807) is 23.9 Å². The third kappa shape index (κ3) is 6.58. The zero-order valence-corrected chi connectivity index (χ0v) is 19.5. The molecule has 1 fully saturated rings. The molecule has 0 bridgehead atoms. The van der Waals surface area contributed by atoms with Gasteiger partial charge in [0.1, 0.15) is 18.2 Å². The molecule has 3 rings (SSSR count). The third-order valence-electron chi connectivity index (χ3n) is 6.46. The van der Waals surface area contributed by atoms with Gasteiger partial charge in [0, 0.05) is 38.8 Å². The molecule has 2 heterocycles. The number of hydrogen-bond donors (Lipinski definition) is 0. The SMILES string of the molecule is CC(C)C(C#N)(CCCN1CCN(CCOc2cccc(F)c2)CC1)C1=CSC=CC1. The Morgan fingerprint density at radius 3 is 2.55 bits per heavy atom. The van der Waals surface area contributed by atoms with E-state index in [9.17, 15) is 9.65 Å². The Morgan fingerprint density at radius 1 is 1.19 bits per heavy atom. The molecule has 1 unspecified atom stereocenters. The van der Waals surface area contributed by atoms with Crippen molar-refractivity contribution in [2.75, 3.05) is 45.9 Å². The first-order chi connectivity index (χ1) is 15.0. The molecule has 6 heteroatoms. The summed E-state index contributed by atoms with van der Waals surface area (Å²) < 4.78 is 18.9. The van der Waals surface area contributed by atoms with E-state index >= 15 is 0 Å². The lowest BCUT2D eigenvalue weighted by molar-refractivity contribution is 0.113. The zero-order valence-electron chi connectivity index (χ0n) is 18.7. The summed E-state index contributed by atoms with van der Waals surface area (Å²) in [4.78, 5) is 4.91. The second-order valence-electron chi connectivity index (χ2n) is 8.69. The van der Waals surface area contributed by atoms with Gasteiger partial charge in [0.2, 0.25) is 0 Å². The predicted molar refractivity (Wildman–Crippen MR) is 126 cm³/mol. The number of nitriles is 1. The Morgan fingerprint density at radius 2 is 1.94 bits per heavy atom. The fourth-order valence-corrected chi connectivity index (χ4v) is 5.19. The summed E-state index contributed by atoms with van der Waals surface area (Å²) in [5.41, 5.74) is 0.925. The number of allylic oxidation sites excluding steroid dienone is 2. The number of benzene rings is 1. The van der Waals surface area contributed by atoms with Crippen LogP contribution in [-0.2, 0) is 0 Å². The Hall–Kier alpha value is -1.81. The molecule has 0 N–H and O–H groups in total. The van der Waals surface area contributed by atoms with Crippen molar-refractivity contribution < 1.29 is 9.13 Å². The van der Waals surface area contributed by atoms with Gasteiger partial charge in [-0.3, -0.25) is 4.90 Å². The average Bonchev–Trinajstić information content (AvgIpc) is 2.78. The molecular formula is C25H34FN3OS. The Kier molecular flexibility index (Phi) is 9.01. The summed E-state index contributed by atoms with van der Waals surface area (Å²) in [6, 6.07) is 9.00. The van der Waals surface area contributed by atoms with E-state index < -0.39 is 0 Å². The maximum Gasteiger partial charge on any atom is 0.126 e. The monoisotopic (exact) mass is 443 g/mol. The third-order valence-corrected chi connectivity index (χ3v) is 7.23. The zero-order chi connectivity index (χ0) is 22.1. The number of piperazine rings is 1. The van der Waals surface area contributed by atoms with Crippen LogP contribution in [0.2, 0.25) is 0 Å². The van der Waals surface area contributed by atoms with Gasteiger partial charge in [-0.1, -0.05) is 26.0 Å². The largest absolute Gasteiger partial charge is 0.492 e. The molecule has 1 saturated heterocycles. The van der Waals surface area contributed by atoms with E-state index in [4.69, 9.17) is 4.74 Å². The maximum absolute atomic E-state index is 13.2. The molecule has 1 aromatic carbocycles. The van der Waals surface area contributed by atoms with E-state index in [1.165, 1.54) is 17.7 Å². The molecule has 0 aromatic heterocycles. The van der Waals surface area contributed by atoms with Gasteiger partial charge in [-0.05, 0) is 60.2 Å². The van der Waals surface area contributed by atoms with Crippen molar-refractivity contribution in [1.29, 1.82) is 5.26 Å². The van der Waals surface area contributed by atoms with Gasteiger partial charge in [0.25, 0.3) is 0 Å². The van der Waals surface area contributed by atoms with Crippen LogP contribution in [0.5, 0.6) is 5.75 Å². The smallest absolute Gasteiger partial charge is 0.126 e. The number of rotatable bonds is 10. The van der Waals surface area contributed by atoms with Gasteiger partial charge in [0.05, 0.1) is 11.5 Å². The Balaban J connectivity index is 1.38. The standard InChI is InChI=1S/C25H34FN3OS/c1-21(2)25(20-27,22-6-4-17-31-19-22)9-5-10-28-11-13-29(14-12-28)15-16-30-24-8-3-7-23(26)18-24/h3-4,7-8,17-19,21H,5-6,9-16H2,1-2H3. The molecule has 0 radical (unpaired) electrons. The summed E-state index contributed by atoms with van der Waals surface area (Å²) >= 11 is 1.69. The molecule has 1 aromatic rings. The molecule has 0 aliphatic carbocycles. The van der Waals surface area contributed by atoms with Crippen molar-refractivity contribution in [3.8, 4) is 11.8 Å². The van der Waals surface area contributed by atoms with Crippen molar-refractivity contribution in [1.82, 2.24) is 9.80 Å². The number of halogens is 1. The summed E-state index contributed by atoms with van der Waals surface area (Å²) in [5.74, 6) is 0.636. The quantitative estimate of drug-likeness (QED) is 0.490. The lowest BCUT2D eigenvalue weighted by atomic mass is 9.69. The molecule has 0 saturated carbocycles. The van der Waals surface area contributed by atoms with Gasteiger partial charge < -0.3 is 9.64 Å². The normalized spacial score (nSPS) is 19.6. The van der Waals surface area contributed by atoms with E-state index in [0.29, 0.717) is 18.3 Å². The maximum atomic E-state index is 13.2. The van der Waals surface area contributed by atoms with E-state index in [1.807, 2.05) is 0 Å². The molecule has 1 atom stereocenters. The molecule has 0 spiro atoms. The first-order valence-corrected chi connectivity index (χ1v) is 12.2. The van der Waals surface area contributed by atoms with Crippen LogP contribution in [-0.4, -0.2) is 55.7 Å². The van der Waals surface area contributed by atoms with Gasteiger partial charge in [0.15, 0.2) is 0 Å². The van der Waals surface area contributed by atoms with Gasteiger partial charge in [-0.2, -0.15) is 5.26 Å². The molecule has 2 aliphatic rings. The molecular weight excluding hydrogens is 409 g/mol. The van der Waals surface area contributed by atoms with Crippen molar-refractivity contribution in [3.63, 3.8) is 0 Å². The van der Waals surface area contributed by atoms with Crippen LogP contribution in [0.4, 0.5) is 4.39 Å². The Bertz CT molecular complexity index is 811. The highest BCUT2D eigenvalue weighted by atomic mass is 32.2. The first kappa shape index (κ1) is 23.8. The van der Waals surface area contributed by atoms with Crippen molar-refractivity contribution in [2.45, 2.75) is 33.1 Å². The fourth-order valence-electron chi connectivity index (χ4n) is 4.43. The van der Waals surface area contributed by atoms with Crippen molar-refractivity contribution in [3.05, 3.63) is 52.5 Å². The lowest BCUT2D eigenvalue weighted by Crippen LogP contribution is -2.47. The highest BCUT2D eigenvalue weighted by Crippen LogP contribution is 2.44. The van der Waals surface area contributed by atoms with Gasteiger partial charge >= 0.3 is 0 Å². The molecule has 0 amide bonds. The molecule has 168 valence electrons. The number of hydrogen-bond acceptors (Lipinski definition) is 5.